The third-order valence-electron chi connectivity index (χ3n) is 3.33. The predicted octanol–water partition coefficient (Wildman–Crippen LogP) is 0.671. The molecular formula is C13H21N3O3S. The van der Waals surface area contributed by atoms with Crippen LogP contribution in [0.4, 0.5) is 5.69 Å². The van der Waals surface area contributed by atoms with E-state index < -0.39 is 10.2 Å². The van der Waals surface area contributed by atoms with Crippen LogP contribution in [0, 0.1) is 0 Å². The normalized spacial score (nSPS) is 19.0. The van der Waals surface area contributed by atoms with Crippen LogP contribution in [0.5, 0.6) is 5.75 Å². The van der Waals surface area contributed by atoms with Gasteiger partial charge >= 0.3 is 10.2 Å². The lowest BCUT2D eigenvalue weighted by molar-refractivity contribution is 0.385. The minimum absolute atomic E-state index is 0.485. The first-order valence-electron chi connectivity index (χ1n) is 6.66. The lowest BCUT2D eigenvalue weighted by Gasteiger charge is -2.36. The lowest BCUT2D eigenvalue weighted by Crippen LogP contribution is -2.51. The van der Waals surface area contributed by atoms with Crippen molar-refractivity contribution >= 4 is 15.9 Å². The number of likely N-dealkylation sites (N-methyl/N-ethyl adjacent to an activating group) is 1. The molecule has 1 saturated heterocycles. The molecule has 0 amide bonds. The monoisotopic (exact) mass is 299 g/mol. The third-order valence-corrected chi connectivity index (χ3v) is 5.29. The molecular weight excluding hydrogens is 278 g/mol. The highest BCUT2D eigenvalue weighted by Crippen LogP contribution is 2.27. The number of methoxy groups -OCH3 is 1. The average Bonchev–Trinajstić information content (AvgIpc) is 2.45. The van der Waals surface area contributed by atoms with Crippen LogP contribution >= 0.6 is 0 Å². The number of hydrogen-bond acceptors (Lipinski definition) is 4. The summed E-state index contributed by atoms with van der Waals surface area (Å²) >= 11 is 0. The van der Waals surface area contributed by atoms with Crippen molar-refractivity contribution in [3.8, 4) is 5.75 Å². The maximum Gasteiger partial charge on any atom is 0.304 e. The van der Waals surface area contributed by atoms with Gasteiger partial charge in [-0.05, 0) is 25.6 Å². The maximum atomic E-state index is 12.6. The van der Waals surface area contributed by atoms with Crippen molar-refractivity contribution in [2.75, 3.05) is 44.6 Å². The Bertz CT molecular complexity index is 548. The van der Waals surface area contributed by atoms with E-state index in [4.69, 9.17) is 4.74 Å². The fraction of sp³-hybridized carbons (Fsp3) is 0.538. The molecule has 0 aromatic heterocycles. The molecule has 0 radical (unpaired) electrons. The summed E-state index contributed by atoms with van der Waals surface area (Å²) in [5.41, 5.74) is 0.651. The first-order chi connectivity index (χ1) is 9.59. The van der Waals surface area contributed by atoms with Crippen molar-refractivity contribution in [3.63, 3.8) is 0 Å². The Labute approximate surface area is 120 Å². The summed E-state index contributed by atoms with van der Waals surface area (Å²) in [6, 6.07) is 7.15. The highest BCUT2D eigenvalue weighted by molar-refractivity contribution is 7.90. The van der Waals surface area contributed by atoms with Gasteiger partial charge < -0.3 is 10.1 Å². The zero-order valence-electron chi connectivity index (χ0n) is 11.9. The van der Waals surface area contributed by atoms with E-state index in [0.717, 1.165) is 6.42 Å². The Balaban J connectivity index is 2.26. The summed E-state index contributed by atoms with van der Waals surface area (Å²) < 4.78 is 33.3. The Morgan fingerprint density at radius 1 is 1.35 bits per heavy atom. The van der Waals surface area contributed by atoms with Gasteiger partial charge in [-0.1, -0.05) is 6.07 Å². The smallest absolute Gasteiger partial charge is 0.304 e. The van der Waals surface area contributed by atoms with E-state index in [9.17, 15) is 8.42 Å². The minimum Gasteiger partial charge on any atom is -0.497 e. The van der Waals surface area contributed by atoms with Gasteiger partial charge in [-0.25, -0.2) is 0 Å². The second-order valence-corrected chi connectivity index (χ2v) is 6.49. The van der Waals surface area contributed by atoms with Crippen LogP contribution in [-0.2, 0) is 10.2 Å². The van der Waals surface area contributed by atoms with Crippen molar-refractivity contribution < 1.29 is 13.2 Å². The number of hydrogen-bond donors (Lipinski definition) is 1. The number of anilines is 1. The molecule has 0 atom stereocenters. The maximum absolute atomic E-state index is 12.6. The van der Waals surface area contributed by atoms with Gasteiger partial charge in [0.15, 0.2) is 0 Å². The van der Waals surface area contributed by atoms with Crippen LogP contribution in [0.1, 0.15) is 6.42 Å². The highest BCUT2D eigenvalue weighted by atomic mass is 32.2. The summed E-state index contributed by atoms with van der Waals surface area (Å²) in [7, 11) is -0.0552. The number of nitrogens with zero attached hydrogens (tertiary/aromatic N) is 2. The van der Waals surface area contributed by atoms with E-state index >= 15 is 0 Å². The molecule has 7 heteroatoms. The predicted molar refractivity (Wildman–Crippen MR) is 79.4 cm³/mol. The second-order valence-electron chi connectivity index (χ2n) is 4.64. The zero-order chi connectivity index (χ0) is 14.6. The van der Waals surface area contributed by atoms with E-state index in [1.807, 2.05) is 7.05 Å². The van der Waals surface area contributed by atoms with Crippen LogP contribution in [0.15, 0.2) is 24.3 Å². The van der Waals surface area contributed by atoms with E-state index in [0.29, 0.717) is 37.6 Å². The van der Waals surface area contributed by atoms with Crippen LogP contribution in [0.25, 0.3) is 0 Å². The minimum atomic E-state index is -3.44. The fourth-order valence-electron chi connectivity index (χ4n) is 2.25. The van der Waals surface area contributed by atoms with Crippen molar-refractivity contribution in [1.82, 2.24) is 9.62 Å². The van der Waals surface area contributed by atoms with Crippen LogP contribution in [0.3, 0.4) is 0 Å². The Hall–Kier alpha value is -1.31. The van der Waals surface area contributed by atoms with Crippen molar-refractivity contribution in [2.24, 2.45) is 0 Å². The topological polar surface area (TPSA) is 61.9 Å². The Kier molecular flexibility index (Phi) is 4.85. The third kappa shape index (κ3) is 3.05. The van der Waals surface area contributed by atoms with E-state index in [1.54, 1.807) is 31.4 Å². The second kappa shape index (κ2) is 6.43. The van der Waals surface area contributed by atoms with Gasteiger partial charge in [0, 0.05) is 32.2 Å². The van der Waals surface area contributed by atoms with E-state index in [1.165, 1.54) is 8.61 Å². The zero-order valence-corrected chi connectivity index (χ0v) is 12.7. The number of benzene rings is 1. The fourth-order valence-corrected chi connectivity index (χ4v) is 3.95. The number of nitrogens with one attached hydrogen (secondary N) is 1. The van der Waals surface area contributed by atoms with Crippen LogP contribution in [-0.4, -0.2) is 53.1 Å². The largest absolute Gasteiger partial charge is 0.497 e. The van der Waals surface area contributed by atoms with Gasteiger partial charge in [0.05, 0.1) is 12.8 Å². The average molecular weight is 299 g/mol. The molecule has 0 aliphatic carbocycles. The molecule has 0 unspecified atom stereocenters. The quantitative estimate of drug-likeness (QED) is 0.868. The molecule has 1 aliphatic rings. The highest BCUT2D eigenvalue weighted by Gasteiger charge is 2.33. The van der Waals surface area contributed by atoms with Gasteiger partial charge in [-0.3, -0.25) is 4.31 Å². The number of rotatable bonds is 5. The van der Waals surface area contributed by atoms with Gasteiger partial charge in [0.25, 0.3) is 0 Å². The molecule has 0 saturated carbocycles. The summed E-state index contributed by atoms with van der Waals surface area (Å²) in [5.74, 6) is 0.657. The lowest BCUT2D eigenvalue weighted by atomic mass is 10.3. The molecule has 0 bridgehead atoms. The van der Waals surface area contributed by atoms with E-state index in [-0.39, 0.29) is 0 Å². The Morgan fingerprint density at radius 2 is 2.15 bits per heavy atom. The number of ether oxygens (including phenoxy) is 1. The van der Waals surface area contributed by atoms with Gasteiger partial charge in [-0.15, -0.1) is 0 Å². The summed E-state index contributed by atoms with van der Waals surface area (Å²) in [6.45, 7) is 2.21. The summed E-state index contributed by atoms with van der Waals surface area (Å²) in [4.78, 5) is 0. The molecule has 0 spiro atoms. The molecule has 6 nitrogen and oxygen atoms in total. The first-order valence-corrected chi connectivity index (χ1v) is 8.06. The van der Waals surface area contributed by atoms with Crippen molar-refractivity contribution in [1.29, 1.82) is 0 Å². The molecule has 20 heavy (non-hydrogen) atoms. The molecule has 1 fully saturated rings. The van der Waals surface area contributed by atoms with E-state index in [2.05, 4.69) is 5.32 Å². The SMILES string of the molecule is CNCCN1CCCN(c2cccc(OC)c2)S1(=O)=O. The van der Waals surface area contributed by atoms with Crippen molar-refractivity contribution in [3.05, 3.63) is 24.3 Å². The van der Waals surface area contributed by atoms with Crippen LogP contribution in [0.2, 0.25) is 0 Å². The molecule has 1 heterocycles. The molecule has 1 aliphatic heterocycles. The standard InChI is InChI=1S/C13H21N3O3S/c1-14-7-10-15-8-4-9-16(20(15,17)18)12-5-3-6-13(11-12)19-2/h3,5-6,11,14H,4,7-10H2,1-2H3. The van der Waals surface area contributed by atoms with Gasteiger partial charge in [0.2, 0.25) is 0 Å². The van der Waals surface area contributed by atoms with Gasteiger partial charge in [-0.2, -0.15) is 12.7 Å². The summed E-state index contributed by atoms with van der Waals surface area (Å²) in [5, 5.41) is 2.98. The molecule has 112 valence electrons. The van der Waals surface area contributed by atoms with Gasteiger partial charge in [0.1, 0.15) is 5.75 Å². The molecule has 1 N–H and O–H groups in total. The Morgan fingerprint density at radius 3 is 2.85 bits per heavy atom. The van der Waals surface area contributed by atoms with Crippen LogP contribution < -0.4 is 14.4 Å². The molecule has 2 rings (SSSR count). The summed E-state index contributed by atoms with van der Waals surface area (Å²) in [6.07, 6.45) is 0.820. The van der Waals surface area contributed by atoms with Crippen molar-refractivity contribution in [2.45, 2.75) is 6.42 Å². The molecule has 1 aromatic rings. The molecule has 1 aromatic carbocycles. The first kappa shape index (κ1) is 15.1.